The molecule has 7 heteroatoms. The van der Waals surface area contributed by atoms with Crippen LogP contribution in [0.15, 0.2) is 83.0 Å². The van der Waals surface area contributed by atoms with Crippen LogP contribution >= 0.6 is 0 Å². The Morgan fingerprint density at radius 3 is 2.45 bits per heavy atom. The molecule has 0 aliphatic carbocycles. The van der Waals surface area contributed by atoms with Gasteiger partial charge < -0.3 is 15.2 Å². The normalized spacial score (nSPS) is 10.8. The van der Waals surface area contributed by atoms with Crippen LogP contribution in [-0.2, 0) is 4.79 Å². The summed E-state index contributed by atoms with van der Waals surface area (Å²) in [6, 6.07) is 21.0. The van der Waals surface area contributed by atoms with E-state index in [-0.39, 0.29) is 22.9 Å². The van der Waals surface area contributed by atoms with E-state index < -0.39 is 0 Å². The third-order valence-electron chi connectivity index (χ3n) is 5.17. The second-order valence-electron chi connectivity index (χ2n) is 7.30. The number of rotatable bonds is 6. The fourth-order valence-electron chi connectivity index (χ4n) is 3.43. The summed E-state index contributed by atoms with van der Waals surface area (Å²) in [4.78, 5) is 23.8. The molecule has 0 saturated carbocycles. The van der Waals surface area contributed by atoms with E-state index in [0.717, 1.165) is 10.9 Å². The second kappa shape index (κ2) is 9.26. The SMILES string of the molecule is COc1cc(NC(=O)c2ccccc2)c(C)cc1N=Nc1c(O)c([C+]=O)cc2ccccc12. The van der Waals surface area contributed by atoms with Crippen molar-refractivity contribution in [2.45, 2.75) is 6.92 Å². The number of amides is 1. The molecule has 0 radical (unpaired) electrons. The van der Waals surface area contributed by atoms with Gasteiger partial charge in [0, 0.05) is 28.1 Å². The maximum Gasteiger partial charge on any atom is 0.307 e. The molecule has 0 atom stereocenters. The minimum Gasteiger partial charge on any atom is -0.494 e. The van der Waals surface area contributed by atoms with E-state index in [1.54, 1.807) is 60.9 Å². The summed E-state index contributed by atoms with van der Waals surface area (Å²) in [5.41, 5.74) is 2.42. The number of carbonyl (C=O) groups excluding carboxylic acids is 2. The third-order valence-corrected chi connectivity index (χ3v) is 5.17. The average Bonchev–Trinajstić information content (AvgIpc) is 2.85. The topological polar surface area (TPSA) is 100 Å². The highest BCUT2D eigenvalue weighted by Crippen LogP contribution is 2.40. The van der Waals surface area contributed by atoms with Crippen LogP contribution in [0.25, 0.3) is 10.8 Å². The van der Waals surface area contributed by atoms with Crippen molar-refractivity contribution in [2.75, 3.05) is 12.4 Å². The van der Waals surface area contributed by atoms with Gasteiger partial charge in [-0.05, 0) is 42.8 Å². The zero-order valence-electron chi connectivity index (χ0n) is 18.0. The molecule has 0 aliphatic rings. The van der Waals surface area contributed by atoms with E-state index in [4.69, 9.17) is 4.74 Å². The van der Waals surface area contributed by atoms with Crippen LogP contribution in [0.3, 0.4) is 0 Å². The van der Waals surface area contributed by atoms with Crippen molar-refractivity contribution in [1.29, 1.82) is 0 Å². The molecule has 0 fully saturated rings. The summed E-state index contributed by atoms with van der Waals surface area (Å²) in [6.45, 7) is 1.83. The maximum atomic E-state index is 12.5. The van der Waals surface area contributed by atoms with Crippen molar-refractivity contribution in [3.05, 3.63) is 89.5 Å². The van der Waals surface area contributed by atoms with Gasteiger partial charge in [-0.2, -0.15) is 0 Å². The monoisotopic (exact) mass is 438 g/mol. The number of carbonyl (C=O) groups is 1. The van der Waals surface area contributed by atoms with Crippen LogP contribution in [0.2, 0.25) is 0 Å². The molecule has 0 bridgehead atoms. The van der Waals surface area contributed by atoms with Crippen LogP contribution in [-0.4, -0.2) is 24.4 Å². The van der Waals surface area contributed by atoms with E-state index >= 15 is 0 Å². The molecule has 0 saturated heterocycles. The zero-order chi connectivity index (χ0) is 23.4. The van der Waals surface area contributed by atoms with E-state index in [0.29, 0.717) is 28.1 Å². The lowest BCUT2D eigenvalue weighted by molar-refractivity contribution is 0.102. The molecule has 4 aromatic rings. The van der Waals surface area contributed by atoms with Gasteiger partial charge in [0.25, 0.3) is 17.2 Å². The molecule has 0 unspecified atom stereocenters. The Balaban J connectivity index is 1.71. The van der Waals surface area contributed by atoms with Crippen LogP contribution in [0.4, 0.5) is 17.1 Å². The standard InChI is InChI=1S/C26H19N3O4/c1-16-12-22(23(33-2)14-21(16)27-26(32)17-8-4-3-5-9-17)28-29-24-20-11-7-6-10-18(20)13-19(15-30)25(24)31/h3-14H,1-2H3,(H-,27,28,29,30,31,32)/p+1. The Morgan fingerprint density at radius 1 is 1.00 bits per heavy atom. The van der Waals surface area contributed by atoms with Gasteiger partial charge in [-0.15, -0.1) is 15.0 Å². The van der Waals surface area contributed by atoms with Crippen molar-refractivity contribution in [3.63, 3.8) is 0 Å². The summed E-state index contributed by atoms with van der Waals surface area (Å²) in [7, 11) is 1.49. The van der Waals surface area contributed by atoms with Crippen LogP contribution in [0.1, 0.15) is 21.5 Å². The Morgan fingerprint density at radius 2 is 1.73 bits per heavy atom. The van der Waals surface area contributed by atoms with Crippen LogP contribution in [0.5, 0.6) is 11.5 Å². The molecule has 4 rings (SSSR count). The number of phenols is 1. The third kappa shape index (κ3) is 4.39. The molecule has 7 nitrogen and oxygen atoms in total. The molecule has 33 heavy (non-hydrogen) atoms. The van der Waals surface area contributed by atoms with E-state index in [9.17, 15) is 14.7 Å². The predicted octanol–water partition coefficient (Wildman–Crippen LogP) is 5.99. The lowest BCUT2D eigenvalue weighted by Gasteiger charge is -2.12. The number of phenolic OH excluding ortho intramolecular Hbond substituents is 1. The number of hydrogen-bond donors (Lipinski definition) is 2. The average molecular weight is 438 g/mol. The maximum absolute atomic E-state index is 12.5. The highest BCUT2D eigenvalue weighted by Gasteiger charge is 2.22. The van der Waals surface area contributed by atoms with Gasteiger partial charge >= 0.3 is 6.29 Å². The number of nitrogens with zero attached hydrogens (tertiary/aromatic N) is 2. The first kappa shape index (κ1) is 21.6. The predicted molar refractivity (Wildman–Crippen MR) is 127 cm³/mol. The van der Waals surface area contributed by atoms with Gasteiger partial charge in [0.1, 0.15) is 11.4 Å². The lowest BCUT2D eigenvalue weighted by Crippen LogP contribution is -2.12. The number of nitrogens with one attached hydrogen (secondary N) is 1. The first-order chi connectivity index (χ1) is 16.0. The molecule has 1 amide bonds. The molecular weight excluding hydrogens is 418 g/mol. The summed E-state index contributed by atoms with van der Waals surface area (Å²) in [5.74, 6) is -0.155. The number of fused-ring (bicyclic) bond motifs is 1. The van der Waals surface area contributed by atoms with Gasteiger partial charge in [0.2, 0.25) is 0 Å². The van der Waals surface area contributed by atoms with Crippen molar-refractivity contribution in [1.82, 2.24) is 0 Å². The number of anilines is 1. The minimum atomic E-state index is -0.296. The molecule has 2 N–H and O–H groups in total. The first-order valence-corrected chi connectivity index (χ1v) is 10.1. The number of azo groups is 1. The molecule has 4 aromatic carbocycles. The largest absolute Gasteiger partial charge is 0.494 e. The number of ether oxygens (including phenoxy) is 1. The van der Waals surface area contributed by atoms with Crippen molar-refractivity contribution < 1.29 is 19.4 Å². The fourth-order valence-corrected chi connectivity index (χ4v) is 3.43. The fraction of sp³-hybridized carbons (Fsp3) is 0.0769. The summed E-state index contributed by atoms with van der Waals surface area (Å²) in [5, 5.41) is 23.2. The minimum absolute atomic E-state index is 0.00441. The summed E-state index contributed by atoms with van der Waals surface area (Å²) in [6.07, 6.45) is 1.73. The Hall–Kier alpha value is -4.61. The summed E-state index contributed by atoms with van der Waals surface area (Å²) >= 11 is 0. The quantitative estimate of drug-likeness (QED) is 0.285. The molecule has 0 aromatic heterocycles. The molecule has 162 valence electrons. The van der Waals surface area contributed by atoms with Crippen LogP contribution < -0.4 is 10.1 Å². The van der Waals surface area contributed by atoms with Crippen LogP contribution in [0, 0.1) is 6.92 Å². The number of aryl methyl sites for hydroxylation is 1. The molecule has 0 spiro atoms. The van der Waals surface area contributed by atoms with Gasteiger partial charge in [-0.25, -0.2) is 0 Å². The highest BCUT2D eigenvalue weighted by molar-refractivity contribution is 6.05. The van der Waals surface area contributed by atoms with Gasteiger partial charge in [-0.1, -0.05) is 30.3 Å². The Bertz CT molecular complexity index is 1380. The second-order valence-corrected chi connectivity index (χ2v) is 7.30. The first-order valence-electron chi connectivity index (χ1n) is 10.1. The number of methoxy groups -OCH3 is 1. The van der Waals surface area contributed by atoms with E-state index in [2.05, 4.69) is 15.5 Å². The highest BCUT2D eigenvalue weighted by atomic mass is 16.5. The van der Waals surface area contributed by atoms with E-state index in [1.807, 2.05) is 25.1 Å². The Labute approximate surface area is 190 Å². The van der Waals surface area contributed by atoms with Crippen molar-refractivity contribution >= 4 is 40.0 Å². The lowest BCUT2D eigenvalue weighted by atomic mass is 10.0. The number of hydrogen-bond acceptors (Lipinski definition) is 6. The van der Waals surface area contributed by atoms with Gasteiger partial charge in [-0.3, -0.25) is 4.79 Å². The number of benzene rings is 4. The molecule has 0 aliphatic heterocycles. The molecular formula is C26H20N3O4+. The molecule has 0 heterocycles. The smallest absolute Gasteiger partial charge is 0.307 e. The van der Waals surface area contributed by atoms with Gasteiger partial charge in [0.05, 0.1) is 13.2 Å². The summed E-state index contributed by atoms with van der Waals surface area (Å²) < 4.78 is 5.45. The van der Waals surface area contributed by atoms with E-state index in [1.165, 1.54) is 7.11 Å². The van der Waals surface area contributed by atoms with Gasteiger partial charge in [0.15, 0.2) is 5.69 Å². The van der Waals surface area contributed by atoms with Crippen molar-refractivity contribution in [2.24, 2.45) is 10.2 Å². The van der Waals surface area contributed by atoms with Crippen molar-refractivity contribution in [3.8, 4) is 11.5 Å². The zero-order valence-corrected chi connectivity index (χ0v) is 18.0. The number of aromatic hydroxyl groups is 1. The Kier molecular flexibility index (Phi) is 6.06.